The fraction of sp³-hybridized carbons (Fsp3) is 0.381. The third-order valence-electron chi connectivity index (χ3n) is 5.55. The highest BCUT2D eigenvalue weighted by Crippen LogP contribution is 2.36. The zero-order valence-corrected chi connectivity index (χ0v) is 16.5. The van der Waals surface area contributed by atoms with Gasteiger partial charge in [0.05, 0.1) is 6.04 Å². The molecule has 0 bridgehead atoms. The first-order valence-corrected chi connectivity index (χ1v) is 10.1. The molecule has 4 rings (SSSR count). The Morgan fingerprint density at radius 3 is 2.73 bits per heavy atom. The van der Waals surface area contributed by atoms with Crippen LogP contribution in [0.15, 0.2) is 36.7 Å². The van der Waals surface area contributed by atoms with Gasteiger partial charge in [0.2, 0.25) is 0 Å². The van der Waals surface area contributed by atoms with Crippen molar-refractivity contribution < 1.29 is 13.6 Å². The summed E-state index contributed by atoms with van der Waals surface area (Å²) in [4.78, 5) is 24.8. The van der Waals surface area contributed by atoms with Crippen molar-refractivity contribution in [2.24, 2.45) is 5.73 Å². The number of nitrogens with one attached hydrogen (secondary N) is 1. The molecule has 158 valence electrons. The van der Waals surface area contributed by atoms with Gasteiger partial charge in [-0.3, -0.25) is 0 Å². The van der Waals surface area contributed by atoms with Crippen LogP contribution in [0.1, 0.15) is 43.1 Å². The number of hydrogen-bond acceptors (Lipinski definition) is 5. The van der Waals surface area contributed by atoms with Gasteiger partial charge in [0, 0.05) is 37.6 Å². The second kappa shape index (κ2) is 8.64. The molecule has 3 heterocycles. The van der Waals surface area contributed by atoms with Crippen LogP contribution in [0.4, 0.5) is 19.4 Å². The van der Waals surface area contributed by atoms with Gasteiger partial charge in [0.25, 0.3) is 0 Å². The second-order valence-electron chi connectivity index (χ2n) is 7.46. The van der Waals surface area contributed by atoms with Crippen LogP contribution in [-0.2, 0) is 0 Å². The number of rotatable bonds is 4. The van der Waals surface area contributed by atoms with E-state index < -0.39 is 11.6 Å². The van der Waals surface area contributed by atoms with E-state index in [0.29, 0.717) is 43.1 Å². The average Bonchev–Trinajstić information content (AvgIpc) is 3.46. The Balaban J connectivity index is 1.57. The molecule has 30 heavy (non-hydrogen) atoms. The van der Waals surface area contributed by atoms with Crippen molar-refractivity contribution in [2.45, 2.75) is 31.7 Å². The second-order valence-corrected chi connectivity index (χ2v) is 7.46. The van der Waals surface area contributed by atoms with Crippen molar-refractivity contribution in [1.82, 2.24) is 20.2 Å². The molecule has 3 N–H and O–H groups in total. The highest BCUT2D eigenvalue weighted by atomic mass is 19.1. The molecule has 2 amide bonds. The van der Waals surface area contributed by atoms with E-state index in [1.165, 1.54) is 12.3 Å². The minimum Gasteiger partial charge on any atom is -0.403 e. The van der Waals surface area contributed by atoms with Gasteiger partial charge < -0.3 is 20.9 Å². The van der Waals surface area contributed by atoms with Gasteiger partial charge >= 0.3 is 6.03 Å². The van der Waals surface area contributed by atoms with Gasteiger partial charge in [-0.1, -0.05) is 0 Å². The predicted octanol–water partition coefficient (Wildman–Crippen LogP) is 3.16. The number of anilines is 1. The van der Waals surface area contributed by atoms with Crippen molar-refractivity contribution in [2.75, 3.05) is 24.5 Å². The summed E-state index contributed by atoms with van der Waals surface area (Å²) in [6, 6.07) is 4.65. The zero-order chi connectivity index (χ0) is 21.1. The molecule has 2 fully saturated rings. The highest BCUT2D eigenvalue weighted by molar-refractivity contribution is 5.84. The van der Waals surface area contributed by atoms with Gasteiger partial charge in [-0.25, -0.2) is 23.5 Å². The smallest absolute Gasteiger partial charge is 0.321 e. The Morgan fingerprint density at radius 2 is 1.97 bits per heavy atom. The fourth-order valence-corrected chi connectivity index (χ4v) is 4.06. The van der Waals surface area contributed by atoms with Gasteiger partial charge in [-0.2, -0.15) is 0 Å². The molecule has 1 aromatic carbocycles. The molecule has 2 aliphatic rings. The SMILES string of the molecule is NC=C(NC(=O)N1CCCC1)c1nccc(N2CCCC2c2cc(F)ccc2F)n1. The Hall–Kier alpha value is -3.23. The van der Waals surface area contributed by atoms with E-state index in [4.69, 9.17) is 5.73 Å². The lowest BCUT2D eigenvalue weighted by Gasteiger charge is -2.27. The number of urea groups is 1. The summed E-state index contributed by atoms with van der Waals surface area (Å²) in [7, 11) is 0. The summed E-state index contributed by atoms with van der Waals surface area (Å²) in [5.41, 5.74) is 6.35. The number of amides is 2. The summed E-state index contributed by atoms with van der Waals surface area (Å²) in [5, 5.41) is 2.77. The molecule has 0 aliphatic carbocycles. The first-order chi connectivity index (χ1) is 14.6. The topological polar surface area (TPSA) is 87.4 Å². The molecule has 0 spiro atoms. The number of likely N-dealkylation sites (tertiary alicyclic amines) is 1. The number of hydrogen-bond donors (Lipinski definition) is 2. The summed E-state index contributed by atoms with van der Waals surface area (Å²) >= 11 is 0. The lowest BCUT2D eigenvalue weighted by atomic mass is 10.0. The van der Waals surface area contributed by atoms with E-state index in [-0.39, 0.29) is 17.9 Å². The third kappa shape index (κ3) is 4.05. The fourth-order valence-electron chi connectivity index (χ4n) is 4.06. The lowest BCUT2D eigenvalue weighted by Crippen LogP contribution is -2.37. The largest absolute Gasteiger partial charge is 0.403 e. The number of nitrogens with two attached hydrogens (primary N) is 1. The average molecular weight is 414 g/mol. The minimum absolute atomic E-state index is 0.237. The zero-order valence-electron chi connectivity index (χ0n) is 16.5. The van der Waals surface area contributed by atoms with Crippen LogP contribution in [0.5, 0.6) is 0 Å². The standard InChI is InChI=1S/C21H24F2N6O/c22-14-5-6-16(23)15(12-14)18-4-3-11-29(18)19-7-8-25-20(27-19)17(13-24)26-21(30)28-9-1-2-10-28/h5-8,12-13,18H,1-4,9-11,24H2,(H,26,30). The van der Waals surface area contributed by atoms with Gasteiger partial charge in [0.15, 0.2) is 5.82 Å². The molecule has 1 atom stereocenters. The molecule has 7 nitrogen and oxygen atoms in total. The molecule has 1 unspecified atom stereocenters. The van der Waals surface area contributed by atoms with Crippen LogP contribution in [0.3, 0.4) is 0 Å². The molecule has 2 saturated heterocycles. The summed E-state index contributed by atoms with van der Waals surface area (Å²) in [5.74, 6) is -0.0727. The van der Waals surface area contributed by atoms with E-state index in [1.807, 2.05) is 4.90 Å². The van der Waals surface area contributed by atoms with Crippen molar-refractivity contribution in [3.63, 3.8) is 0 Å². The number of aromatic nitrogens is 2. The monoisotopic (exact) mass is 414 g/mol. The van der Waals surface area contributed by atoms with Crippen molar-refractivity contribution in [3.8, 4) is 0 Å². The van der Waals surface area contributed by atoms with Crippen LogP contribution in [0.25, 0.3) is 5.70 Å². The normalized spacial score (nSPS) is 19.4. The minimum atomic E-state index is -0.473. The van der Waals surface area contributed by atoms with E-state index in [0.717, 1.165) is 31.4 Å². The molecule has 9 heteroatoms. The summed E-state index contributed by atoms with van der Waals surface area (Å²) < 4.78 is 28.1. The number of carbonyl (C=O) groups is 1. The molecular formula is C21H24F2N6O. The molecule has 1 aromatic heterocycles. The van der Waals surface area contributed by atoms with E-state index in [1.54, 1.807) is 17.2 Å². The maximum atomic E-state index is 14.4. The van der Waals surface area contributed by atoms with Gasteiger partial charge in [-0.15, -0.1) is 0 Å². The van der Waals surface area contributed by atoms with Gasteiger partial charge in [-0.05, 0) is 49.9 Å². The third-order valence-corrected chi connectivity index (χ3v) is 5.55. The Morgan fingerprint density at radius 1 is 1.17 bits per heavy atom. The van der Waals surface area contributed by atoms with Gasteiger partial charge in [0.1, 0.15) is 23.1 Å². The maximum Gasteiger partial charge on any atom is 0.321 e. The molecule has 2 aliphatic heterocycles. The lowest BCUT2D eigenvalue weighted by molar-refractivity contribution is 0.213. The number of nitrogens with zero attached hydrogens (tertiary/aromatic N) is 4. The predicted molar refractivity (Wildman–Crippen MR) is 109 cm³/mol. The number of halogens is 2. The summed E-state index contributed by atoms with van der Waals surface area (Å²) in [6.07, 6.45) is 6.31. The molecular weight excluding hydrogens is 390 g/mol. The van der Waals surface area contributed by atoms with Crippen molar-refractivity contribution in [1.29, 1.82) is 0 Å². The number of carbonyl (C=O) groups excluding carboxylic acids is 1. The number of benzene rings is 1. The maximum absolute atomic E-state index is 14.4. The Bertz CT molecular complexity index is 960. The van der Waals surface area contributed by atoms with E-state index in [2.05, 4.69) is 15.3 Å². The van der Waals surface area contributed by atoms with Crippen LogP contribution in [0.2, 0.25) is 0 Å². The van der Waals surface area contributed by atoms with Crippen LogP contribution in [0, 0.1) is 11.6 Å². The molecule has 2 aromatic rings. The Labute approximate surface area is 173 Å². The van der Waals surface area contributed by atoms with E-state index >= 15 is 0 Å². The van der Waals surface area contributed by atoms with E-state index in [9.17, 15) is 13.6 Å². The molecule has 0 radical (unpaired) electrons. The molecule has 0 saturated carbocycles. The quantitative estimate of drug-likeness (QED) is 0.803. The van der Waals surface area contributed by atoms with Crippen LogP contribution < -0.4 is 16.0 Å². The first kappa shape index (κ1) is 20.1. The van der Waals surface area contributed by atoms with Crippen LogP contribution in [-0.4, -0.2) is 40.5 Å². The van der Waals surface area contributed by atoms with Crippen molar-refractivity contribution in [3.05, 3.63) is 59.7 Å². The Kier molecular flexibility index (Phi) is 5.78. The highest BCUT2D eigenvalue weighted by Gasteiger charge is 2.30. The first-order valence-electron chi connectivity index (χ1n) is 10.1. The van der Waals surface area contributed by atoms with Crippen molar-refractivity contribution >= 4 is 17.5 Å². The summed E-state index contributed by atoms with van der Waals surface area (Å²) in [6.45, 7) is 2.07. The van der Waals surface area contributed by atoms with Crippen LogP contribution >= 0.6 is 0 Å².